The van der Waals surface area contributed by atoms with Crippen molar-refractivity contribution < 1.29 is 14.3 Å². The molecular weight excluding hydrogens is 230 g/mol. The monoisotopic (exact) mass is 251 g/mol. The Morgan fingerprint density at radius 1 is 1.06 bits per heavy atom. The van der Waals surface area contributed by atoms with Crippen LogP contribution < -0.4 is 5.32 Å². The molecule has 3 aliphatic rings. The fourth-order valence-corrected chi connectivity index (χ4v) is 2.66. The zero-order valence-electron chi connectivity index (χ0n) is 10.7. The van der Waals surface area contributed by atoms with Gasteiger partial charge in [0.25, 0.3) is 5.91 Å². The van der Waals surface area contributed by atoms with Crippen LogP contribution in [0.2, 0.25) is 0 Å². The molecule has 3 aliphatic carbocycles. The Hall–Kier alpha value is -1.06. The van der Waals surface area contributed by atoms with Gasteiger partial charge in [0, 0.05) is 6.04 Å². The van der Waals surface area contributed by atoms with Crippen molar-refractivity contribution in [3.63, 3.8) is 0 Å². The fourth-order valence-electron chi connectivity index (χ4n) is 2.66. The summed E-state index contributed by atoms with van der Waals surface area (Å²) in [7, 11) is 0. The number of hydrogen-bond acceptors (Lipinski definition) is 3. The number of hydrogen-bond donors (Lipinski definition) is 1. The van der Waals surface area contributed by atoms with Gasteiger partial charge in [-0.1, -0.05) is 6.42 Å². The van der Waals surface area contributed by atoms with Crippen LogP contribution in [0.25, 0.3) is 0 Å². The van der Waals surface area contributed by atoms with Crippen LogP contribution in [0, 0.1) is 17.8 Å². The lowest BCUT2D eigenvalue weighted by Gasteiger charge is -2.23. The van der Waals surface area contributed by atoms with Gasteiger partial charge in [0.1, 0.15) is 0 Å². The molecule has 0 aromatic carbocycles. The lowest BCUT2D eigenvalue weighted by molar-refractivity contribution is -0.155. The van der Waals surface area contributed by atoms with Crippen LogP contribution >= 0.6 is 0 Å². The van der Waals surface area contributed by atoms with E-state index in [1.165, 1.54) is 25.7 Å². The molecule has 0 aromatic rings. The van der Waals surface area contributed by atoms with E-state index in [-0.39, 0.29) is 24.4 Å². The van der Waals surface area contributed by atoms with Gasteiger partial charge in [-0.2, -0.15) is 0 Å². The Kier molecular flexibility index (Phi) is 3.27. The highest BCUT2D eigenvalue weighted by molar-refractivity contribution is 5.81. The third-order valence-electron chi connectivity index (χ3n) is 4.37. The lowest BCUT2D eigenvalue weighted by atomic mass is 9.86. The highest BCUT2D eigenvalue weighted by Gasteiger charge is 2.42. The fraction of sp³-hybridized carbons (Fsp3) is 0.857. The first-order valence-electron chi connectivity index (χ1n) is 7.20. The number of carbonyl (C=O) groups excluding carboxylic acids is 2. The van der Waals surface area contributed by atoms with Crippen LogP contribution in [-0.2, 0) is 14.3 Å². The minimum Gasteiger partial charge on any atom is -0.455 e. The molecule has 0 aromatic heterocycles. The number of amides is 1. The molecule has 100 valence electrons. The van der Waals surface area contributed by atoms with Crippen molar-refractivity contribution in [3.8, 4) is 0 Å². The van der Waals surface area contributed by atoms with Gasteiger partial charge in [-0.25, -0.2) is 0 Å². The van der Waals surface area contributed by atoms with Crippen LogP contribution in [0.4, 0.5) is 0 Å². The first-order chi connectivity index (χ1) is 8.74. The van der Waals surface area contributed by atoms with Crippen LogP contribution in [0.1, 0.15) is 44.9 Å². The molecule has 1 amide bonds. The van der Waals surface area contributed by atoms with Gasteiger partial charge in [-0.15, -0.1) is 0 Å². The molecule has 3 saturated carbocycles. The van der Waals surface area contributed by atoms with E-state index < -0.39 is 0 Å². The molecule has 18 heavy (non-hydrogen) atoms. The average Bonchev–Trinajstić information content (AvgIpc) is 3.14. The predicted octanol–water partition coefficient (Wildman–Crippen LogP) is 1.63. The Morgan fingerprint density at radius 2 is 1.67 bits per heavy atom. The van der Waals surface area contributed by atoms with Gasteiger partial charge in [0.15, 0.2) is 6.61 Å². The van der Waals surface area contributed by atoms with E-state index >= 15 is 0 Å². The van der Waals surface area contributed by atoms with E-state index in [4.69, 9.17) is 4.74 Å². The highest BCUT2D eigenvalue weighted by atomic mass is 16.5. The van der Waals surface area contributed by atoms with E-state index in [0.717, 1.165) is 19.3 Å². The summed E-state index contributed by atoms with van der Waals surface area (Å²) in [6, 6.07) is 0.347. The number of carbonyl (C=O) groups is 2. The molecule has 1 N–H and O–H groups in total. The van der Waals surface area contributed by atoms with Crippen molar-refractivity contribution in [2.75, 3.05) is 6.61 Å². The second-order valence-corrected chi connectivity index (χ2v) is 6.00. The van der Waals surface area contributed by atoms with Crippen LogP contribution in [0.3, 0.4) is 0 Å². The summed E-state index contributed by atoms with van der Waals surface area (Å²) in [5.74, 6) is 1.12. The smallest absolute Gasteiger partial charge is 0.309 e. The highest BCUT2D eigenvalue weighted by Crippen LogP contribution is 2.44. The topological polar surface area (TPSA) is 55.4 Å². The quantitative estimate of drug-likeness (QED) is 0.730. The second kappa shape index (κ2) is 4.90. The van der Waals surface area contributed by atoms with Gasteiger partial charge in [0.05, 0.1) is 5.92 Å². The molecule has 4 nitrogen and oxygen atoms in total. The Labute approximate surface area is 107 Å². The van der Waals surface area contributed by atoms with Crippen molar-refractivity contribution >= 4 is 11.9 Å². The van der Waals surface area contributed by atoms with Gasteiger partial charge in [-0.3, -0.25) is 9.59 Å². The first-order valence-corrected chi connectivity index (χ1v) is 7.20. The molecule has 4 heteroatoms. The van der Waals surface area contributed by atoms with E-state index in [2.05, 4.69) is 5.32 Å². The summed E-state index contributed by atoms with van der Waals surface area (Å²) in [5, 5.41) is 3.06. The molecule has 0 aliphatic heterocycles. The van der Waals surface area contributed by atoms with Crippen LogP contribution in [-0.4, -0.2) is 24.5 Å². The minimum atomic E-state index is -0.189. The zero-order chi connectivity index (χ0) is 12.5. The number of esters is 1. The summed E-state index contributed by atoms with van der Waals surface area (Å²) in [6.45, 7) is -0.0920. The Morgan fingerprint density at radius 3 is 2.11 bits per heavy atom. The predicted molar refractivity (Wildman–Crippen MR) is 65.7 cm³/mol. The zero-order valence-corrected chi connectivity index (χ0v) is 10.7. The van der Waals surface area contributed by atoms with Crippen LogP contribution in [0.5, 0.6) is 0 Å². The molecule has 0 unspecified atom stereocenters. The molecule has 0 radical (unpaired) electrons. The molecule has 3 rings (SSSR count). The Balaban J connectivity index is 1.39. The second-order valence-electron chi connectivity index (χ2n) is 6.00. The van der Waals surface area contributed by atoms with Crippen molar-refractivity contribution in [3.05, 3.63) is 0 Å². The van der Waals surface area contributed by atoms with E-state index in [1.807, 2.05) is 0 Å². The summed E-state index contributed by atoms with van der Waals surface area (Å²) < 4.78 is 5.06. The van der Waals surface area contributed by atoms with Crippen molar-refractivity contribution in [2.24, 2.45) is 17.8 Å². The molecule has 0 spiro atoms. The first kappa shape index (κ1) is 12.0. The molecular formula is C14H21NO3. The summed E-state index contributed by atoms with van der Waals surface area (Å²) >= 11 is 0. The van der Waals surface area contributed by atoms with Gasteiger partial charge in [0.2, 0.25) is 0 Å². The van der Waals surface area contributed by atoms with E-state index in [9.17, 15) is 9.59 Å². The van der Waals surface area contributed by atoms with Crippen molar-refractivity contribution in [2.45, 2.75) is 51.0 Å². The van der Waals surface area contributed by atoms with Gasteiger partial charge < -0.3 is 10.1 Å². The molecule has 0 atom stereocenters. The van der Waals surface area contributed by atoms with Crippen molar-refractivity contribution in [1.82, 2.24) is 5.32 Å². The third kappa shape index (κ3) is 2.85. The normalized spacial score (nSPS) is 23.6. The molecule has 3 fully saturated rings. The van der Waals surface area contributed by atoms with E-state index in [0.29, 0.717) is 17.9 Å². The lowest BCUT2D eigenvalue weighted by Crippen LogP contribution is -2.41. The molecule has 0 bridgehead atoms. The van der Waals surface area contributed by atoms with Crippen molar-refractivity contribution in [1.29, 1.82) is 0 Å². The van der Waals surface area contributed by atoms with Gasteiger partial charge >= 0.3 is 5.97 Å². The summed E-state index contributed by atoms with van der Waals surface area (Å²) in [6.07, 6.45) is 7.91. The average molecular weight is 251 g/mol. The maximum atomic E-state index is 11.8. The third-order valence-corrected chi connectivity index (χ3v) is 4.37. The number of rotatable bonds is 6. The Bertz CT molecular complexity index is 331. The van der Waals surface area contributed by atoms with Gasteiger partial charge in [-0.05, 0) is 50.4 Å². The summed E-state index contributed by atoms with van der Waals surface area (Å²) in [4.78, 5) is 23.3. The van der Waals surface area contributed by atoms with E-state index in [1.54, 1.807) is 0 Å². The van der Waals surface area contributed by atoms with Crippen LogP contribution in [0.15, 0.2) is 0 Å². The number of nitrogens with one attached hydrogen (secondary N) is 1. The minimum absolute atomic E-state index is 0.0560. The molecule has 0 heterocycles. The maximum absolute atomic E-state index is 11.8. The number of ether oxygens (including phenoxy) is 1. The maximum Gasteiger partial charge on any atom is 0.309 e. The molecule has 0 saturated heterocycles. The summed E-state index contributed by atoms with van der Waals surface area (Å²) in [5.41, 5.74) is 0. The largest absolute Gasteiger partial charge is 0.455 e. The SMILES string of the molecule is O=C(COC(=O)C1CCC1)NC(C1CC1)C1CC1. The standard InChI is InChI=1S/C14H21NO3/c16-12(8-18-14(17)11-2-1-3-11)15-13(9-4-5-9)10-6-7-10/h9-11,13H,1-8H2,(H,15,16).